The molecule has 0 bridgehead atoms. The Morgan fingerprint density at radius 3 is 2.59 bits per heavy atom. The fourth-order valence-corrected chi connectivity index (χ4v) is 3.34. The second-order valence-electron chi connectivity index (χ2n) is 6.50. The molecule has 1 amide bonds. The van der Waals surface area contributed by atoms with Crippen molar-refractivity contribution < 1.29 is 19.2 Å². The number of cyclic esters (lactones) is 1. The van der Waals surface area contributed by atoms with Crippen LogP contribution in [0.5, 0.6) is 0 Å². The number of hydrogen-bond donors (Lipinski definition) is 0. The first-order chi connectivity index (χ1) is 13.9. The summed E-state index contributed by atoms with van der Waals surface area (Å²) in [5, 5.41) is 11.0. The van der Waals surface area contributed by atoms with Gasteiger partial charge in [-0.2, -0.15) is 0 Å². The van der Waals surface area contributed by atoms with Crippen molar-refractivity contribution in [2.45, 2.75) is 12.8 Å². The Balaban J connectivity index is 1.59. The SMILES string of the molecule is O=C1OC(c2ccc(N3CCCC3=O)cc2)=N/C1=C\c1ccc(Cl)c([N+](=O)[O-])c1. The van der Waals surface area contributed by atoms with Gasteiger partial charge in [0.25, 0.3) is 5.69 Å². The van der Waals surface area contributed by atoms with E-state index in [4.69, 9.17) is 16.3 Å². The lowest BCUT2D eigenvalue weighted by Gasteiger charge is -2.15. The minimum Gasteiger partial charge on any atom is -0.402 e. The maximum atomic E-state index is 12.1. The van der Waals surface area contributed by atoms with Crippen LogP contribution in [0.4, 0.5) is 11.4 Å². The van der Waals surface area contributed by atoms with Crippen LogP contribution in [0.15, 0.2) is 53.2 Å². The third-order valence-corrected chi connectivity index (χ3v) is 4.91. The van der Waals surface area contributed by atoms with Crippen LogP contribution in [0.25, 0.3) is 6.08 Å². The molecule has 1 fully saturated rings. The molecule has 2 heterocycles. The van der Waals surface area contributed by atoms with Gasteiger partial charge in [-0.15, -0.1) is 0 Å². The molecule has 0 atom stereocenters. The maximum Gasteiger partial charge on any atom is 0.363 e. The number of carbonyl (C=O) groups is 2. The zero-order valence-electron chi connectivity index (χ0n) is 15.0. The number of amides is 1. The zero-order valence-corrected chi connectivity index (χ0v) is 15.8. The van der Waals surface area contributed by atoms with E-state index in [1.54, 1.807) is 35.2 Å². The molecule has 9 heteroatoms. The molecule has 29 heavy (non-hydrogen) atoms. The smallest absolute Gasteiger partial charge is 0.363 e. The number of aliphatic imine (C=N–C) groups is 1. The van der Waals surface area contributed by atoms with Crippen molar-refractivity contribution in [3.05, 3.63) is 74.4 Å². The van der Waals surface area contributed by atoms with Gasteiger partial charge in [-0.25, -0.2) is 9.79 Å². The van der Waals surface area contributed by atoms with Crippen molar-refractivity contribution in [2.24, 2.45) is 4.99 Å². The number of nitrogens with zero attached hydrogens (tertiary/aromatic N) is 3. The van der Waals surface area contributed by atoms with Gasteiger partial charge in [-0.3, -0.25) is 14.9 Å². The van der Waals surface area contributed by atoms with Crippen molar-refractivity contribution >= 4 is 46.8 Å². The van der Waals surface area contributed by atoms with Crippen molar-refractivity contribution in [2.75, 3.05) is 11.4 Å². The van der Waals surface area contributed by atoms with Gasteiger partial charge >= 0.3 is 5.97 Å². The summed E-state index contributed by atoms with van der Waals surface area (Å²) in [5.74, 6) is -0.440. The Labute approximate surface area is 170 Å². The number of nitro groups is 1. The molecule has 0 aliphatic carbocycles. The predicted octanol–water partition coefficient (Wildman–Crippen LogP) is 3.72. The van der Waals surface area contributed by atoms with Gasteiger partial charge < -0.3 is 9.64 Å². The largest absolute Gasteiger partial charge is 0.402 e. The highest BCUT2D eigenvalue weighted by Gasteiger charge is 2.26. The van der Waals surface area contributed by atoms with Gasteiger partial charge in [0.15, 0.2) is 5.70 Å². The Bertz CT molecular complexity index is 1090. The van der Waals surface area contributed by atoms with E-state index in [0.717, 1.165) is 12.1 Å². The molecule has 0 N–H and O–H groups in total. The van der Waals surface area contributed by atoms with E-state index in [1.807, 2.05) is 0 Å². The van der Waals surface area contributed by atoms with Crippen LogP contribution in [-0.2, 0) is 14.3 Å². The fourth-order valence-electron chi connectivity index (χ4n) is 3.15. The van der Waals surface area contributed by atoms with E-state index < -0.39 is 10.9 Å². The molecule has 146 valence electrons. The summed E-state index contributed by atoms with van der Waals surface area (Å²) in [4.78, 5) is 40.3. The van der Waals surface area contributed by atoms with Crippen LogP contribution in [-0.4, -0.2) is 29.2 Å². The monoisotopic (exact) mass is 411 g/mol. The molecule has 0 spiro atoms. The van der Waals surface area contributed by atoms with E-state index in [2.05, 4.69) is 4.99 Å². The number of carbonyl (C=O) groups excluding carboxylic acids is 2. The first kappa shape index (κ1) is 18.8. The van der Waals surface area contributed by atoms with E-state index in [1.165, 1.54) is 18.2 Å². The topological polar surface area (TPSA) is 102 Å². The molecule has 4 rings (SSSR count). The number of hydrogen-bond acceptors (Lipinski definition) is 6. The molecular weight excluding hydrogens is 398 g/mol. The fraction of sp³-hybridized carbons (Fsp3) is 0.150. The minimum absolute atomic E-state index is 0.00640. The van der Waals surface area contributed by atoms with Crippen LogP contribution in [0.1, 0.15) is 24.0 Å². The highest BCUT2D eigenvalue weighted by atomic mass is 35.5. The summed E-state index contributed by atoms with van der Waals surface area (Å²) in [6.07, 6.45) is 2.78. The third kappa shape index (κ3) is 3.74. The number of esters is 1. The lowest BCUT2D eigenvalue weighted by molar-refractivity contribution is -0.384. The van der Waals surface area contributed by atoms with Crippen LogP contribution in [0, 0.1) is 10.1 Å². The van der Waals surface area contributed by atoms with Gasteiger partial charge in [-0.1, -0.05) is 17.7 Å². The Morgan fingerprint density at radius 2 is 1.93 bits per heavy atom. The predicted molar refractivity (Wildman–Crippen MR) is 107 cm³/mol. The van der Waals surface area contributed by atoms with Crippen LogP contribution in [0.2, 0.25) is 5.02 Å². The molecule has 2 aliphatic rings. The van der Waals surface area contributed by atoms with Gasteiger partial charge in [0.2, 0.25) is 11.8 Å². The van der Waals surface area contributed by atoms with Gasteiger partial charge in [0.1, 0.15) is 5.02 Å². The number of rotatable bonds is 4. The normalized spacial score (nSPS) is 17.6. The van der Waals surface area contributed by atoms with Crippen LogP contribution in [0.3, 0.4) is 0 Å². The standard InChI is InChI=1S/C20H14ClN3O5/c21-15-8-3-12(11-17(15)24(27)28)10-16-20(26)29-19(22-16)13-4-6-14(7-5-13)23-9-1-2-18(23)25/h3-8,10-11H,1-2,9H2/b16-10-. The molecule has 0 unspecified atom stereocenters. The summed E-state index contributed by atoms with van der Waals surface area (Å²) in [7, 11) is 0. The Hall–Kier alpha value is -3.52. The van der Waals surface area contributed by atoms with Crippen molar-refractivity contribution in [3.63, 3.8) is 0 Å². The average Bonchev–Trinajstić information content (AvgIpc) is 3.29. The molecule has 0 aromatic heterocycles. The van der Waals surface area contributed by atoms with Crippen molar-refractivity contribution in [1.29, 1.82) is 0 Å². The third-order valence-electron chi connectivity index (χ3n) is 4.59. The number of anilines is 1. The van der Waals surface area contributed by atoms with E-state index in [9.17, 15) is 19.7 Å². The number of halogens is 1. The number of ether oxygens (including phenoxy) is 1. The minimum atomic E-state index is -0.656. The summed E-state index contributed by atoms with van der Waals surface area (Å²) < 4.78 is 5.22. The quantitative estimate of drug-likeness (QED) is 0.330. The lowest BCUT2D eigenvalue weighted by atomic mass is 10.1. The maximum absolute atomic E-state index is 12.1. The molecular formula is C20H14ClN3O5. The van der Waals surface area contributed by atoms with E-state index in [0.29, 0.717) is 24.1 Å². The molecule has 0 radical (unpaired) electrons. The van der Waals surface area contributed by atoms with E-state index >= 15 is 0 Å². The van der Waals surface area contributed by atoms with Crippen molar-refractivity contribution in [3.8, 4) is 0 Å². The van der Waals surface area contributed by atoms with Crippen molar-refractivity contribution in [1.82, 2.24) is 0 Å². The summed E-state index contributed by atoms with van der Waals surface area (Å²) in [5.41, 5.74) is 1.53. The first-order valence-electron chi connectivity index (χ1n) is 8.80. The zero-order chi connectivity index (χ0) is 20.5. The van der Waals surface area contributed by atoms with Gasteiger partial charge in [0, 0.05) is 30.3 Å². The first-order valence-corrected chi connectivity index (χ1v) is 9.17. The van der Waals surface area contributed by atoms with Crippen LogP contribution >= 0.6 is 11.6 Å². The highest BCUT2D eigenvalue weighted by Crippen LogP contribution is 2.28. The number of benzene rings is 2. The van der Waals surface area contributed by atoms with Gasteiger partial charge in [0.05, 0.1) is 4.92 Å². The summed E-state index contributed by atoms with van der Waals surface area (Å²) >= 11 is 5.80. The Kier molecular flexibility index (Phi) is 4.85. The van der Waals surface area contributed by atoms with E-state index in [-0.39, 0.29) is 28.2 Å². The van der Waals surface area contributed by atoms with Gasteiger partial charge in [-0.05, 0) is 48.4 Å². The molecule has 2 aromatic carbocycles. The molecule has 1 saturated heterocycles. The molecule has 8 nitrogen and oxygen atoms in total. The average molecular weight is 412 g/mol. The Morgan fingerprint density at radius 1 is 1.17 bits per heavy atom. The summed E-state index contributed by atoms with van der Waals surface area (Å²) in [6.45, 7) is 0.689. The molecule has 2 aliphatic heterocycles. The summed E-state index contributed by atoms with van der Waals surface area (Å²) in [6, 6.07) is 11.2. The lowest BCUT2D eigenvalue weighted by Crippen LogP contribution is -2.23. The highest BCUT2D eigenvalue weighted by molar-refractivity contribution is 6.32. The van der Waals surface area contributed by atoms with Crippen LogP contribution < -0.4 is 4.90 Å². The number of nitro benzene ring substituents is 1. The molecule has 2 aromatic rings. The second kappa shape index (κ2) is 7.48. The molecule has 0 saturated carbocycles. The second-order valence-corrected chi connectivity index (χ2v) is 6.91.